The minimum absolute atomic E-state index is 0.0237. The summed E-state index contributed by atoms with van der Waals surface area (Å²) in [5.74, 6) is 0.966. The average molecular weight is 445 g/mol. The number of carbonyl (C=O) groups excluding carboxylic acids is 2. The van der Waals surface area contributed by atoms with Crippen LogP contribution < -0.4 is 15.4 Å². The SMILES string of the molecule is CC(C)CCNC(=O)[C@H]1COc2ccc(NC(=O)c3ccc(Br)cc3)cc2C1. The number of anilines is 1. The zero-order valence-electron chi connectivity index (χ0n) is 16.1. The van der Waals surface area contributed by atoms with Crippen molar-refractivity contribution in [1.82, 2.24) is 5.32 Å². The molecule has 0 aromatic heterocycles. The van der Waals surface area contributed by atoms with Gasteiger partial charge in [0.1, 0.15) is 12.4 Å². The number of ether oxygens (including phenoxy) is 1. The zero-order chi connectivity index (χ0) is 20.1. The van der Waals surface area contributed by atoms with Gasteiger partial charge < -0.3 is 15.4 Å². The molecule has 28 heavy (non-hydrogen) atoms. The van der Waals surface area contributed by atoms with Crippen molar-refractivity contribution in [2.75, 3.05) is 18.5 Å². The molecule has 6 heteroatoms. The van der Waals surface area contributed by atoms with Crippen molar-refractivity contribution in [2.45, 2.75) is 26.7 Å². The normalized spacial score (nSPS) is 15.5. The summed E-state index contributed by atoms with van der Waals surface area (Å²) in [7, 11) is 0. The monoisotopic (exact) mass is 444 g/mol. The second-order valence-electron chi connectivity index (χ2n) is 7.47. The fourth-order valence-electron chi connectivity index (χ4n) is 3.07. The van der Waals surface area contributed by atoms with Crippen molar-refractivity contribution >= 4 is 33.4 Å². The number of fused-ring (bicyclic) bond motifs is 1. The highest BCUT2D eigenvalue weighted by Crippen LogP contribution is 2.30. The maximum Gasteiger partial charge on any atom is 0.255 e. The fourth-order valence-corrected chi connectivity index (χ4v) is 3.34. The number of amides is 2. The van der Waals surface area contributed by atoms with Gasteiger partial charge in [-0.1, -0.05) is 29.8 Å². The number of benzene rings is 2. The Bertz CT molecular complexity index is 849. The maximum absolute atomic E-state index is 12.4. The summed E-state index contributed by atoms with van der Waals surface area (Å²) in [6.45, 7) is 5.33. The second kappa shape index (κ2) is 9.24. The van der Waals surface area contributed by atoms with E-state index in [1.807, 2.05) is 30.3 Å². The van der Waals surface area contributed by atoms with Crippen LogP contribution in [0.25, 0.3) is 0 Å². The molecule has 1 aliphatic rings. The van der Waals surface area contributed by atoms with Gasteiger partial charge in [0.2, 0.25) is 5.91 Å². The van der Waals surface area contributed by atoms with Gasteiger partial charge in [0.15, 0.2) is 0 Å². The van der Waals surface area contributed by atoms with E-state index < -0.39 is 0 Å². The van der Waals surface area contributed by atoms with Gasteiger partial charge in [-0.3, -0.25) is 9.59 Å². The predicted molar refractivity (Wildman–Crippen MR) is 114 cm³/mol. The molecule has 0 aliphatic carbocycles. The predicted octanol–water partition coefficient (Wildman–Crippen LogP) is 4.41. The maximum atomic E-state index is 12.4. The number of rotatable bonds is 6. The van der Waals surface area contributed by atoms with Gasteiger partial charge >= 0.3 is 0 Å². The van der Waals surface area contributed by atoms with E-state index in [0.29, 0.717) is 36.7 Å². The molecule has 0 fully saturated rings. The topological polar surface area (TPSA) is 67.4 Å². The highest BCUT2D eigenvalue weighted by molar-refractivity contribution is 9.10. The molecule has 1 atom stereocenters. The Morgan fingerprint density at radius 3 is 2.64 bits per heavy atom. The summed E-state index contributed by atoms with van der Waals surface area (Å²) >= 11 is 3.36. The van der Waals surface area contributed by atoms with Gasteiger partial charge in [0.05, 0.1) is 5.92 Å². The molecule has 5 nitrogen and oxygen atoms in total. The van der Waals surface area contributed by atoms with E-state index in [0.717, 1.165) is 22.2 Å². The molecule has 0 bridgehead atoms. The van der Waals surface area contributed by atoms with Gasteiger partial charge in [-0.2, -0.15) is 0 Å². The number of hydrogen-bond acceptors (Lipinski definition) is 3. The Balaban J connectivity index is 1.63. The highest BCUT2D eigenvalue weighted by atomic mass is 79.9. The van der Waals surface area contributed by atoms with Crippen molar-refractivity contribution < 1.29 is 14.3 Å². The van der Waals surface area contributed by atoms with Crippen molar-refractivity contribution in [1.29, 1.82) is 0 Å². The van der Waals surface area contributed by atoms with E-state index in [1.54, 1.807) is 12.1 Å². The molecule has 2 amide bonds. The third kappa shape index (κ3) is 5.35. The number of hydrogen-bond donors (Lipinski definition) is 2. The third-order valence-corrected chi connectivity index (χ3v) is 5.25. The zero-order valence-corrected chi connectivity index (χ0v) is 17.7. The van der Waals surface area contributed by atoms with E-state index in [4.69, 9.17) is 4.74 Å². The average Bonchev–Trinajstić information content (AvgIpc) is 2.67. The molecule has 0 saturated carbocycles. The molecule has 2 aromatic carbocycles. The first kappa shape index (κ1) is 20.4. The smallest absolute Gasteiger partial charge is 0.255 e. The third-order valence-electron chi connectivity index (χ3n) is 4.72. The number of halogens is 1. The van der Waals surface area contributed by atoms with Crippen LogP contribution in [0.3, 0.4) is 0 Å². The lowest BCUT2D eigenvalue weighted by molar-refractivity contribution is -0.126. The molecule has 2 aromatic rings. The molecule has 1 heterocycles. The van der Waals surface area contributed by atoms with Gasteiger partial charge in [-0.15, -0.1) is 0 Å². The largest absolute Gasteiger partial charge is 0.492 e. The molecule has 0 spiro atoms. The first-order chi connectivity index (χ1) is 13.4. The van der Waals surface area contributed by atoms with Crippen LogP contribution in [-0.2, 0) is 11.2 Å². The Kier molecular flexibility index (Phi) is 6.73. The Morgan fingerprint density at radius 2 is 1.93 bits per heavy atom. The minimum atomic E-state index is -0.211. The molecule has 0 saturated heterocycles. The van der Waals surface area contributed by atoms with Crippen LogP contribution in [-0.4, -0.2) is 25.0 Å². The lowest BCUT2D eigenvalue weighted by Crippen LogP contribution is -2.38. The number of nitrogens with one attached hydrogen (secondary N) is 2. The summed E-state index contributed by atoms with van der Waals surface area (Å²) in [6.07, 6.45) is 1.56. The molecular weight excluding hydrogens is 420 g/mol. The Labute approximate surface area is 174 Å². The number of carbonyl (C=O) groups is 2. The highest BCUT2D eigenvalue weighted by Gasteiger charge is 2.26. The van der Waals surface area contributed by atoms with Gasteiger partial charge in [0.25, 0.3) is 5.91 Å². The Morgan fingerprint density at radius 1 is 1.18 bits per heavy atom. The van der Waals surface area contributed by atoms with Gasteiger partial charge in [0, 0.05) is 22.3 Å². The standard InChI is InChI=1S/C22H25BrN2O3/c1-14(2)9-10-24-21(26)17-11-16-12-19(7-8-20(16)28-13-17)25-22(27)15-3-5-18(23)6-4-15/h3-8,12,14,17H,9-11,13H2,1-2H3,(H,24,26)(H,25,27)/t17-/m1/s1. The Hall–Kier alpha value is -2.34. The molecule has 1 aliphatic heterocycles. The lowest BCUT2D eigenvalue weighted by atomic mass is 9.95. The molecular formula is C22H25BrN2O3. The fraction of sp³-hybridized carbons (Fsp3) is 0.364. The summed E-state index contributed by atoms with van der Waals surface area (Å²) in [5.41, 5.74) is 2.21. The van der Waals surface area contributed by atoms with E-state index in [-0.39, 0.29) is 17.7 Å². The summed E-state index contributed by atoms with van der Waals surface area (Å²) in [6, 6.07) is 12.7. The lowest BCUT2D eigenvalue weighted by Gasteiger charge is -2.25. The molecule has 148 valence electrons. The van der Waals surface area contributed by atoms with E-state index in [9.17, 15) is 9.59 Å². The molecule has 0 unspecified atom stereocenters. The van der Waals surface area contributed by atoms with E-state index in [2.05, 4.69) is 40.4 Å². The van der Waals surface area contributed by atoms with Gasteiger partial charge in [-0.05, 0) is 66.8 Å². The van der Waals surface area contributed by atoms with Crippen LogP contribution >= 0.6 is 15.9 Å². The van der Waals surface area contributed by atoms with Crippen LogP contribution in [0.15, 0.2) is 46.9 Å². The minimum Gasteiger partial charge on any atom is -0.492 e. The van der Waals surface area contributed by atoms with Crippen molar-refractivity contribution in [3.05, 3.63) is 58.1 Å². The summed E-state index contributed by atoms with van der Waals surface area (Å²) in [5, 5.41) is 5.90. The van der Waals surface area contributed by atoms with Crippen LogP contribution in [0.1, 0.15) is 36.2 Å². The summed E-state index contributed by atoms with van der Waals surface area (Å²) < 4.78 is 6.69. The van der Waals surface area contributed by atoms with Crippen molar-refractivity contribution in [2.24, 2.45) is 11.8 Å². The van der Waals surface area contributed by atoms with Crippen LogP contribution in [0, 0.1) is 11.8 Å². The van der Waals surface area contributed by atoms with E-state index >= 15 is 0 Å². The van der Waals surface area contributed by atoms with Crippen molar-refractivity contribution in [3.8, 4) is 5.75 Å². The first-order valence-corrected chi connectivity index (χ1v) is 10.3. The molecule has 3 rings (SSSR count). The molecule has 0 radical (unpaired) electrons. The molecule has 2 N–H and O–H groups in total. The van der Waals surface area contributed by atoms with Crippen LogP contribution in [0.5, 0.6) is 5.75 Å². The quantitative estimate of drug-likeness (QED) is 0.692. The van der Waals surface area contributed by atoms with E-state index in [1.165, 1.54) is 0 Å². The second-order valence-corrected chi connectivity index (χ2v) is 8.38. The summed E-state index contributed by atoms with van der Waals surface area (Å²) in [4.78, 5) is 24.8. The van der Waals surface area contributed by atoms with Crippen molar-refractivity contribution in [3.63, 3.8) is 0 Å². The first-order valence-electron chi connectivity index (χ1n) is 9.52. The van der Waals surface area contributed by atoms with Gasteiger partial charge in [-0.25, -0.2) is 0 Å². The van der Waals surface area contributed by atoms with Crippen LogP contribution in [0.2, 0.25) is 0 Å². The van der Waals surface area contributed by atoms with Crippen LogP contribution in [0.4, 0.5) is 5.69 Å².